The molecule has 0 spiro atoms. The molecule has 0 amide bonds. The summed E-state index contributed by atoms with van der Waals surface area (Å²) in [6.07, 6.45) is 4.21. The molecule has 1 saturated heterocycles. The molecule has 0 aromatic carbocycles. The van der Waals surface area contributed by atoms with Gasteiger partial charge < -0.3 is 14.5 Å². The van der Waals surface area contributed by atoms with Gasteiger partial charge >= 0.3 is 5.97 Å². The van der Waals surface area contributed by atoms with E-state index >= 15 is 0 Å². The van der Waals surface area contributed by atoms with Crippen LogP contribution in [0, 0.1) is 0 Å². The van der Waals surface area contributed by atoms with Crippen molar-refractivity contribution in [3.63, 3.8) is 0 Å². The quantitative estimate of drug-likeness (QED) is 0.736. The molecule has 1 aromatic rings. The van der Waals surface area contributed by atoms with Crippen molar-refractivity contribution >= 4 is 11.8 Å². The molecular weight excluding hydrogens is 244 g/mol. The predicted octanol–water partition coefficient (Wildman–Crippen LogP) is 0.794. The highest BCUT2D eigenvalue weighted by atomic mass is 16.5. The summed E-state index contributed by atoms with van der Waals surface area (Å²) >= 11 is 0. The Morgan fingerprint density at radius 3 is 2.95 bits per heavy atom. The molecule has 0 aliphatic carbocycles. The number of esters is 1. The Hall–Kier alpha value is -1.69. The van der Waals surface area contributed by atoms with Crippen LogP contribution in [-0.2, 0) is 4.74 Å². The van der Waals surface area contributed by atoms with E-state index in [4.69, 9.17) is 0 Å². The molecule has 1 aliphatic rings. The van der Waals surface area contributed by atoms with Crippen LogP contribution in [0.25, 0.3) is 0 Å². The maximum Gasteiger partial charge on any atom is 0.358 e. The molecule has 104 valence electrons. The molecule has 1 aliphatic heterocycles. The minimum atomic E-state index is -0.450. The molecule has 1 fully saturated rings. The number of rotatable bonds is 2. The Kier molecular flexibility index (Phi) is 4.31. The molecule has 0 bridgehead atoms. The third-order valence-electron chi connectivity index (χ3n) is 3.36. The summed E-state index contributed by atoms with van der Waals surface area (Å²) in [6, 6.07) is 0.342. The minimum absolute atomic E-state index is 0.254. The number of ether oxygens (including phenoxy) is 1. The van der Waals surface area contributed by atoms with E-state index in [2.05, 4.69) is 38.5 Å². The van der Waals surface area contributed by atoms with E-state index in [1.54, 1.807) is 6.20 Å². The summed E-state index contributed by atoms with van der Waals surface area (Å²) in [5, 5.41) is 0. The van der Waals surface area contributed by atoms with Crippen LogP contribution in [0.2, 0.25) is 0 Å². The highest BCUT2D eigenvalue weighted by Gasteiger charge is 2.22. The zero-order valence-electron chi connectivity index (χ0n) is 11.7. The van der Waals surface area contributed by atoms with Gasteiger partial charge in [0.25, 0.3) is 0 Å². The van der Waals surface area contributed by atoms with E-state index in [1.165, 1.54) is 13.3 Å². The lowest BCUT2D eigenvalue weighted by molar-refractivity contribution is 0.0593. The number of carbonyl (C=O) groups excluding carboxylic acids is 1. The lowest BCUT2D eigenvalue weighted by Gasteiger charge is -2.28. The molecular formula is C13H20N4O2. The second-order valence-corrected chi connectivity index (χ2v) is 4.91. The molecule has 0 saturated carbocycles. The molecule has 6 nitrogen and oxygen atoms in total. The van der Waals surface area contributed by atoms with E-state index in [-0.39, 0.29) is 5.69 Å². The maximum absolute atomic E-state index is 11.5. The van der Waals surface area contributed by atoms with Gasteiger partial charge in [0.05, 0.1) is 19.5 Å². The van der Waals surface area contributed by atoms with Crippen molar-refractivity contribution < 1.29 is 9.53 Å². The summed E-state index contributed by atoms with van der Waals surface area (Å²) < 4.78 is 4.68. The van der Waals surface area contributed by atoms with Crippen LogP contribution >= 0.6 is 0 Å². The van der Waals surface area contributed by atoms with E-state index in [0.29, 0.717) is 6.04 Å². The fourth-order valence-electron chi connectivity index (χ4n) is 2.41. The highest BCUT2D eigenvalue weighted by molar-refractivity contribution is 5.87. The van der Waals surface area contributed by atoms with Crippen LogP contribution < -0.4 is 4.90 Å². The summed E-state index contributed by atoms with van der Waals surface area (Å²) in [4.78, 5) is 24.5. The van der Waals surface area contributed by atoms with Gasteiger partial charge in [0.1, 0.15) is 5.82 Å². The van der Waals surface area contributed by atoms with Gasteiger partial charge in [-0.25, -0.2) is 9.78 Å². The SMILES string of the molecule is COC(=O)c1cncc(N2CCCN(C)CC2C)n1. The Balaban J connectivity index is 2.22. The Morgan fingerprint density at radius 2 is 2.21 bits per heavy atom. The van der Waals surface area contributed by atoms with E-state index < -0.39 is 5.97 Å². The van der Waals surface area contributed by atoms with Crippen molar-refractivity contribution in [2.75, 3.05) is 38.7 Å². The third-order valence-corrected chi connectivity index (χ3v) is 3.36. The van der Waals surface area contributed by atoms with Crippen LogP contribution in [-0.4, -0.2) is 60.7 Å². The van der Waals surface area contributed by atoms with Crippen molar-refractivity contribution in [2.24, 2.45) is 0 Å². The monoisotopic (exact) mass is 264 g/mol. The Labute approximate surface area is 113 Å². The number of hydrogen-bond donors (Lipinski definition) is 0. The van der Waals surface area contributed by atoms with Gasteiger partial charge in [-0.05, 0) is 26.9 Å². The van der Waals surface area contributed by atoms with Gasteiger partial charge in [0.15, 0.2) is 5.69 Å². The van der Waals surface area contributed by atoms with E-state index in [9.17, 15) is 4.79 Å². The first-order valence-corrected chi connectivity index (χ1v) is 6.47. The van der Waals surface area contributed by atoms with Crippen LogP contribution in [0.15, 0.2) is 12.4 Å². The van der Waals surface area contributed by atoms with Gasteiger partial charge in [-0.3, -0.25) is 4.98 Å². The zero-order chi connectivity index (χ0) is 13.8. The Morgan fingerprint density at radius 1 is 1.42 bits per heavy atom. The second kappa shape index (κ2) is 5.97. The number of aromatic nitrogens is 2. The zero-order valence-corrected chi connectivity index (χ0v) is 11.7. The average Bonchev–Trinajstić information content (AvgIpc) is 2.58. The second-order valence-electron chi connectivity index (χ2n) is 4.91. The molecule has 1 atom stereocenters. The number of hydrogen-bond acceptors (Lipinski definition) is 6. The standard InChI is InChI=1S/C13H20N4O2/c1-10-9-16(2)5-4-6-17(10)12-8-14-7-11(15-12)13(18)19-3/h7-8,10H,4-6,9H2,1-3H3. The molecule has 0 N–H and O–H groups in total. The highest BCUT2D eigenvalue weighted by Crippen LogP contribution is 2.17. The lowest BCUT2D eigenvalue weighted by atomic mass is 10.2. The molecule has 19 heavy (non-hydrogen) atoms. The molecule has 1 aromatic heterocycles. The first-order valence-electron chi connectivity index (χ1n) is 6.47. The Bertz CT molecular complexity index is 452. The molecule has 6 heteroatoms. The van der Waals surface area contributed by atoms with Crippen molar-refractivity contribution in [3.05, 3.63) is 18.1 Å². The normalized spacial score (nSPS) is 21.0. The van der Waals surface area contributed by atoms with Gasteiger partial charge in [-0.1, -0.05) is 0 Å². The summed E-state index contributed by atoms with van der Waals surface area (Å²) in [7, 11) is 3.47. The lowest BCUT2D eigenvalue weighted by Crippen LogP contribution is -2.38. The van der Waals surface area contributed by atoms with Crippen LogP contribution in [0.4, 0.5) is 5.82 Å². The number of nitrogens with zero attached hydrogens (tertiary/aromatic N) is 4. The smallest absolute Gasteiger partial charge is 0.358 e. The number of anilines is 1. The summed E-state index contributed by atoms with van der Waals surface area (Å²) in [6.45, 7) is 5.13. The van der Waals surface area contributed by atoms with Crippen LogP contribution in [0.5, 0.6) is 0 Å². The van der Waals surface area contributed by atoms with Crippen LogP contribution in [0.1, 0.15) is 23.8 Å². The van der Waals surface area contributed by atoms with Crippen LogP contribution in [0.3, 0.4) is 0 Å². The third kappa shape index (κ3) is 3.20. The van der Waals surface area contributed by atoms with Gasteiger partial charge in [0.2, 0.25) is 0 Å². The van der Waals surface area contributed by atoms with Crippen molar-refractivity contribution in [1.82, 2.24) is 14.9 Å². The number of methoxy groups -OCH3 is 1. The van der Waals surface area contributed by atoms with Crippen molar-refractivity contribution in [3.8, 4) is 0 Å². The maximum atomic E-state index is 11.5. The first kappa shape index (κ1) is 13.7. The molecule has 2 rings (SSSR count). The van der Waals surface area contributed by atoms with E-state index in [0.717, 1.165) is 31.9 Å². The fraction of sp³-hybridized carbons (Fsp3) is 0.615. The largest absolute Gasteiger partial charge is 0.464 e. The fourth-order valence-corrected chi connectivity index (χ4v) is 2.41. The van der Waals surface area contributed by atoms with Gasteiger partial charge in [0, 0.05) is 19.1 Å². The molecule has 0 radical (unpaired) electrons. The minimum Gasteiger partial charge on any atom is -0.464 e. The average molecular weight is 264 g/mol. The van der Waals surface area contributed by atoms with Crippen molar-refractivity contribution in [2.45, 2.75) is 19.4 Å². The molecule has 1 unspecified atom stereocenters. The summed E-state index contributed by atoms with van der Waals surface area (Å²) in [5.74, 6) is 0.291. The number of carbonyl (C=O) groups is 1. The first-order chi connectivity index (χ1) is 9.11. The summed E-state index contributed by atoms with van der Waals surface area (Å²) in [5.41, 5.74) is 0.254. The van der Waals surface area contributed by atoms with Gasteiger partial charge in [-0.2, -0.15) is 0 Å². The topological polar surface area (TPSA) is 58.6 Å². The van der Waals surface area contributed by atoms with E-state index in [1.807, 2.05) is 0 Å². The molecule has 2 heterocycles. The number of likely N-dealkylation sites (N-methyl/N-ethyl adjacent to an activating group) is 1. The van der Waals surface area contributed by atoms with Gasteiger partial charge in [-0.15, -0.1) is 0 Å². The van der Waals surface area contributed by atoms with Crippen molar-refractivity contribution in [1.29, 1.82) is 0 Å². The predicted molar refractivity (Wildman–Crippen MR) is 72.3 cm³/mol.